The summed E-state index contributed by atoms with van der Waals surface area (Å²) >= 11 is 0. The zero-order valence-electron chi connectivity index (χ0n) is 9.87. The first-order chi connectivity index (χ1) is 8.27. The largest absolute Gasteiger partial charge is 0.294 e. The SMILES string of the molecule is O=C(CC(=O)c1ccccc1)c1ccccc1.[Sc]. The van der Waals surface area contributed by atoms with Crippen molar-refractivity contribution in [2.24, 2.45) is 0 Å². The predicted octanol–water partition coefficient (Wildman–Crippen LogP) is 3.14. The molecule has 0 heterocycles. The van der Waals surface area contributed by atoms with E-state index in [0.717, 1.165) is 0 Å². The molecule has 0 bridgehead atoms. The third-order valence-electron chi connectivity index (χ3n) is 2.51. The Bertz CT molecular complexity index is 471. The molecule has 0 saturated heterocycles. The van der Waals surface area contributed by atoms with E-state index < -0.39 is 0 Å². The molecule has 0 unspecified atom stereocenters. The van der Waals surface area contributed by atoms with Gasteiger partial charge in [-0.15, -0.1) is 0 Å². The molecule has 0 spiro atoms. The van der Waals surface area contributed by atoms with Crippen LogP contribution in [0.25, 0.3) is 0 Å². The molecular weight excluding hydrogens is 257 g/mol. The van der Waals surface area contributed by atoms with E-state index in [1.165, 1.54) is 0 Å². The van der Waals surface area contributed by atoms with E-state index >= 15 is 0 Å². The fourth-order valence-electron chi connectivity index (χ4n) is 1.60. The molecule has 2 nitrogen and oxygen atoms in total. The molecule has 18 heavy (non-hydrogen) atoms. The van der Waals surface area contributed by atoms with E-state index in [0.29, 0.717) is 11.1 Å². The monoisotopic (exact) mass is 269 g/mol. The Morgan fingerprint density at radius 1 is 0.667 bits per heavy atom. The van der Waals surface area contributed by atoms with Crippen molar-refractivity contribution in [3.8, 4) is 0 Å². The molecule has 0 aromatic heterocycles. The second-order valence-corrected chi connectivity index (χ2v) is 3.76. The Morgan fingerprint density at radius 3 is 1.33 bits per heavy atom. The van der Waals surface area contributed by atoms with Crippen LogP contribution in [-0.4, -0.2) is 11.6 Å². The van der Waals surface area contributed by atoms with Crippen LogP contribution < -0.4 is 0 Å². The Hall–Kier alpha value is -1.35. The van der Waals surface area contributed by atoms with Gasteiger partial charge in [0, 0.05) is 37.0 Å². The Kier molecular flexibility index (Phi) is 5.86. The van der Waals surface area contributed by atoms with Crippen molar-refractivity contribution in [1.82, 2.24) is 0 Å². The maximum Gasteiger partial charge on any atom is 0.170 e. The molecular formula is C15H12O2Sc. The van der Waals surface area contributed by atoms with Crippen LogP contribution in [0.4, 0.5) is 0 Å². The third kappa shape index (κ3) is 3.84. The first-order valence-electron chi connectivity index (χ1n) is 5.44. The van der Waals surface area contributed by atoms with E-state index in [1.807, 2.05) is 12.1 Å². The minimum Gasteiger partial charge on any atom is -0.294 e. The summed E-state index contributed by atoms with van der Waals surface area (Å²) in [7, 11) is 0. The van der Waals surface area contributed by atoms with Crippen molar-refractivity contribution < 1.29 is 35.4 Å². The van der Waals surface area contributed by atoms with Crippen molar-refractivity contribution in [1.29, 1.82) is 0 Å². The maximum absolute atomic E-state index is 11.8. The normalized spacial score (nSPS) is 9.33. The molecule has 0 aliphatic rings. The zero-order valence-corrected chi connectivity index (χ0v) is 11.7. The molecule has 0 aliphatic carbocycles. The summed E-state index contributed by atoms with van der Waals surface area (Å²) in [6.07, 6.45) is -0.0754. The van der Waals surface area contributed by atoms with Gasteiger partial charge in [0.15, 0.2) is 11.6 Å². The summed E-state index contributed by atoms with van der Waals surface area (Å²) in [6.45, 7) is 0. The van der Waals surface area contributed by atoms with Crippen LogP contribution >= 0.6 is 0 Å². The molecule has 3 heteroatoms. The number of Topliss-reactive ketones (excluding diaryl/α,β-unsaturated/α-hetero) is 2. The van der Waals surface area contributed by atoms with Crippen LogP contribution in [0.1, 0.15) is 27.1 Å². The van der Waals surface area contributed by atoms with Crippen LogP contribution in [-0.2, 0) is 25.8 Å². The summed E-state index contributed by atoms with van der Waals surface area (Å²) < 4.78 is 0. The van der Waals surface area contributed by atoms with Gasteiger partial charge in [0.1, 0.15) is 0 Å². The van der Waals surface area contributed by atoms with E-state index in [2.05, 4.69) is 0 Å². The number of hydrogen-bond donors (Lipinski definition) is 0. The van der Waals surface area contributed by atoms with Gasteiger partial charge in [-0.1, -0.05) is 60.7 Å². The van der Waals surface area contributed by atoms with Crippen molar-refractivity contribution in [2.75, 3.05) is 0 Å². The molecule has 0 saturated carbocycles. The van der Waals surface area contributed by atoms with Crippen molar-refractivity contribution in [3.63, 3.8) is 0 Å². The number of benzene rings is 2. The van der Waals surface area contributed by atoms with Crippen LogP contribution in [0.5, 0.6) is 0 Å². The fourth-order valence-corrected chi connectivity index (χ4v) is 1.60. The topological polar surface area (TPSA) is 34.1 Å². The van der Waals surface area contributed by atoms with Crippen molar-refractivity contribution in [2.45, 2.75) is 6.42 Å². The molecule has 1 radical (unpaired) electrons. The second-order valence-electron chi connectivity index (χ2n) is 3.76. The van der Waals surface area contributed by atoms with Gasteiger partial charge in [0.25, 0.3) is 0 Å². The third-order valence-corrected chi connectivity index (χ3v) is 2.51. The molecule has 0 fully saturated rings. The van der Waals surface area contributed by atoms with Gasteiger partial charge >= 0.3 is 0 Å². The minimum atomic E-state index is -0.139. The van der Waals surface area contributed by atoms with Gasteiger partial charge in [0.2, 0.25) is 0 Å². The molecule has 0 N–H and O–H groups in total. The van der Waals surface area contributed by atoms with Crippen LogP contribution in [0, 0.1) is 0 Å². The van der Waals surface area contributed by atoms with Crippen LogP contribution in [0.15, 0.2) is 60.7 Å². The molecule has 87 valence electrons. The smallest absolute Gasteiger partial charge is 0.170 e. The summed E-state index contributed by atoms with van der Waals surface area (Å²) in [4.78, 5) is 23.6. The van der Waals surface area contributed by atoms with Crippen LogP contribution in [0.2, 0.25) is 0 Å². The van der Waals surface area contributed by atoms with Gasteiger partial charge in [0.05, 0.1) is 6.42 Å². The molecule has 0 atom stereocenters. The average molecular weight is 269 g/mol. The quantitative estimate of drug-likeness (QED) is 0.631. The molecule has 2 rings (SSSR count). The Morgan fingerprint density at radius 2 is 1.00 bits per heavy atom. The van der Waals surface area contributed by atoms with Crippen LogP contribution in [0.3, 0.4) is 0 Å². The van der Waals surface area contributed by atoms with Crippen molar-refractivity contribution in [3.05, 3.63) is 71.8 Å². The first-order valence-corrected chi connectivity index (χ1v) is 5.44. The number of ketones is 2. The number of rotatable bonds is 4. The number of carbonyl (C=O) groups excluding carboxylic acids is 2. The minimum absolute atomic E-state index is 0. The predicted molar refractivity (Wildman–Crippen MR) is 66.2 cm³/mol. The Balaban J connectivity index is 0.00000162. The van der Waals surface area contributed by atoms with Crippen molar-refractivity contribution >= 4 is 11.6 Å². The summed E-state index contributed by atoms with van der Waals surface area (Å²) in [6, 6.07) is 17.7. The first kappa shape index (κ1) is 14.7. The molecule has 0 aliphatic heterocycles. The van der Waals surface area contributed by atoms with Gasteiger partial charge in [-0.25, -0.2) is 0 Å². The molecule has 0 amide bonds. The van der Waals surface area contributed by atoms with E-state index in [1.54, 1.807) is 48.5 Å². The summed E-state index contributed by atoms with van der Waals surface area (Å²) in [5, 5.41) is 0. The van der Waals surface area contributed by atoms with E-state index in [4.69, 9.17) is 0 Å². The maximum atomic E-state index is 11.8. The average Bonchev–Trinajstić information content (AvgIpc) is 2.40. The zero-order chi connectivity index (χ0) is 12.1. The van der Waals surface area contributed by atoms with Gasteiger partial charge in [-0.2, -0.15) is 0 Å². The number of carbonyl (C=O) groups is 2. The van der Waals surface area contributed by atoms with E-state index in [9.17, 15) is 9.59 Å². The fraction of sp³-hybridized carbons (Fsp3) is 0.0667. The number of hydrogen-bond acceptors (Lipinski definition) is 2. The van der Waals surface area contributed by atoms with Gasteiger partial charge in [-0.3, -0.25) is 9.59 Å². The summed E-state index contributed by atoms with van der Waals surface area (Å²) in [5.74, 6) is -0.279. The molecule has 2 aromatic rings. The Labute approximate surface area is 125 Å². The van der Waals surface area contributed by atoms with Gasteiger partial charge in [-0.05, 0) is 0 Å². The standard InChI is InChI=1S/C15H12O2.Sc/c16-14(12-7-3-1-4-8-12)11-15(17)13-9-5-2-6-10-13;/h1-10H,11H2;. The second kappa shape index (κ2) is 7.17. The van der Waals surface area contributed by atoms with E-state index in [-0.39, 0.29) is 43.8 Å². The summed E-state index contributed by atoms with van der Waals surface area (Å²) in [5.41, 5.74) is 1.16. The molecule has 2 aromatic carbocycles. The van der Waals surface area contributed by atoms with Gasteiger partial charge < -0.3 is 0 Å².